The molecular formula is C6H4NOS. The lowest BCUT2D eigenvalue weighted by atomic mass is 10.3. The average Bonchev–Trinajstić information content (AvgIpc) is 1.90. The summed E-state index contributed by atoms with van der Waals surface area (Å²) in [6.45, 7) is 0. The smallest absolute Gasteiger partial charge is 0.284 e. The van der Waals surface area contributed by atoms with Gasteiger partial charge in [0.15, 0.2) is 0 Å². The second-order valence-corrected chi connectivity index (χ2v) is 1.84. The van der Waals surface area contributed by atoms with Gasteiger partial charge in [0.25, 0.3) is 12.4 Å². The highest BCUT2D eigenvalue weighted by atomic mass is 32.1. The largest absolute Gasteiger partial charge is 0.605 e. The van der Waals surface area contributed by atoms with Gasteiger partial charge in [-0.2, -0.15) is 0 Å². The van der Waals surface area contributed by atoms with Crippen molar-refractivity contribution in [2.24, 2.45) is 0 Å². The molecule has 3 heteroatoms. The summed E-state index contributed by atoms with van der Waals surface area (Å²) in [5.74, 6) is 0. The molecular weight excluding hydrogens is 134 g/mol. The Balaban J connectivity index is 2.98. The summed E-state index contributed by atoms with van der Waals surface area (Å²) in [4.78, 5) is 0. The van der Waals surface area contributed by atoms with Crippen LogP contribution in [0.1, 0.15) is 0 Å². The van der Waals surface area contributed by atoms with Crippen molar-refractivity contribution in [2.45, 2.75) is 0 Å². The fourth-order valence-electron chi connectivity index (χ4n) is 0.497. The molecule has 0 amide bonds. The molecule has 0 bridgehead atoms. The standard InChI is InChI=1S/C6H4NOS/c8-7(9)6-4-2-1-3-5-6/h1-4H. The van der Waals surface area contributed by atoms with Crippen LogP contribution in [0.4, 0.5) is 5.69 Å². The quantitative estimate of drug-likeness (QED) is 0.432. The number of nitrogens with zero attached hydrogens (tertiary/aromatic N) is 1. The predicted molar refractivity (Wildman–Crippen MR) is 35.9 cm³/mol. The van der Waals surface area contributed by atoms with E-state index in [0.29, 0.717) is 9.80 Å². The molecule has 0 aliphatic heterocycles. The Morgan fingerprint density at radius 3 is 2.67 bits per heavy atom. The average molecular weight is 138 g/mol. The summed E-state index contributed by atoms with van der Waals surface area (Å²) in [7, 11) is 0. The van der Waals surface area contributed by atoms with E-state index in [4.69, 9.17) is 0 Å². The summed E-state index contributed by atoms with van der Waals surface area (Å²) in [6, 6.07) is 9.45. The molecule has 45 valence electrons. The van der Waals surface area contributed by atoms with Crippen molar-refractivity contribution in [3.8, 4) is 0 Å². The van der Waals surface area contributed by atoms with Crippen molar-refractivity contribution in [3.05, 3.63) is 35.5 Å². The molecule has 0 unspecified atom stereocenters. The molecule has 2 nitrogen and oxygen atoms in total. The monoisotopic (exact) mass is 138 g/mol. The third kappa shape index (κ3) is 1.47. The summed E-state index contributed by atoms with van der Waals surface area (Å²) in [5.41, 5.74) is 0.382. The van der Waals surface area contributed by atoms with E-state index in [0.717, 1.165) is 0 Å². The van der Waals surface area contributed by atoms with Crippen LogP contribution >= 0.6 is 0 Å². The van der Waals surface area contributed by atoms with Crippen molar-refractivity contribution in [1.29, 1.82) is 0 Å². The van der Waals surface area contributed by atoms with Crippen LogP contribution in [-0.2, 0) is 12.4 Å². The van der Waals surface area contributed by atoms with Crippen LogP contribution < -0.4 is 0 Å². The fraction of sp³-hybridized carbons (Fsp3) is 0. The first-order chi connectivity index (χ1) is 4.30. The minimum absolute atomic E-state index is 0.361. The molecule has 0 saturated carbocycles. The van der Waals surface area contributed by atoms with Gasteiger partial charge in [-0.25, -0.2) is 0 Å². The van der Waals surface area contributed by atoms with Gasteiger partial charge in [0.05, 0.1) is 6.07 Å². The first kappa shape index (κ1) is 6.16. The van der Waals surface area contributed by atoms with Crippen LogP contribution in [0.2, 0.25) is 0 Å². The van der Waals surface area contributed by atoms with E-state index in [1.165, 1.54) is 0 Å². The molecule has 1 rings (SSSR count). The number of rotatable bonds is 1. The highest BCUT2D eigenvalue weighted by molar-refractivity contribution is 7.44. The maximum absolute atomic E-state index is 10.3. The summed E-state index contributed by atoms with van der Waals surface area (Å²) in [6.07, 6.45) is 0. The third-order valence-electron chi connectivity index (χ3n) is 0.889. The minimum Gasteiger partial charge on any atom is -0.605 e. The summed E-state index contributed by atoms with van der Waals surface area (Å²) in [5, 5.41) is 10.3. The predicted octanol–water partition coefficient (Wildman–Crippen LogP) is 1.36. The highest BCUT2D eigenvalue weighted by Crippen LogP contribution is 2.05. The molecule has 1 aromatic carbocycles. The lowest BCUT2D eigenvalue weighted by Crippen LogP contribution is -1.85. The maximum atomic E-state index is 10.3. The molecule has 0 aliphatic rings. The summed E-state index contributed by atoms with van der Waals surface area (Å²) >= 11 is 4.29. The van der Waals surface area contributed by atoms with Gasteiger partial charge >= 0.3 is 0 Å². The van der Waals surface area contributed by atoms with Gasteiger partial charge in [-0.1, -0.05) is 16.2 Å². The van der Waals surface area contributed by atoms with Crippen LogP contribution in [0.3, 0.4) is 0 Å². The van der Waals surface area contributed by atoms with Crippen molar-refractivity contribution >= 4 is 18.1 Å². The Morgan fingerprint density at radius 1 is 1.56 bits per heavy atom. The molecule has 0 spiro atoms. The van der Waals surface area contributed by atoms with Gasteiger partial charge < -0.3 is 5.21 Å². The molecule has 1 radical (unpaired) electrons. The van der Waals surface area contributed by atoms with E-state index in [-0.39, 0.29) is 0 Å². The zero-order valence-corrected chi connectivity index (χ0v) is 5.39. The Morgan fingerprint density at radius 2 is 2.33 bits per heavy atom. The zero-order valence-electron chi connectivity index (χ0n) is 4.57. The van der Waals surface area contributed by atoms with Gasteiger partial charge in [-0.3, -0.25) is 0 Å². The minimum atomic E-state index is 0.361. The van der Waals surface area contributed by atoms with Gasteiger partial charge in [-0.15, -0.1) is 0 Å². The molecule has 9 heavy (non-hydrogen) atoms. The number of para-hydroxylation sites is 1. The van der Waals surface area contributed by atoms with Crippen molar-refractivity contribution in [3.63, 3.8) is 0 Å². The second kappa shape index (κ2) is 2.55. The van der Waals surface area contributed by atoms with Crippen LogP contribution in [0.25, 0.3) is 0 Å². The van der Waals surface area contributed by atoms with Crippen LogP contribution in [0, 0.1) is 11.3 Å². The topological polar surface area (TPSA) is 26.1 Å². The van der Waals surface area contributed by atoms with Gasteiger partial charge in [-0.05, 0) is 6.07 Å². The SMILES string of the molecule is [O-][N+](=S)c1[c]cccc1. The van der Waals surface area contributed by atoms with Gasteiger partial charge in [0, 0.05) is 6.07 Å². The molecule has 1 aromatic rings. The molecule has 0 heterocycles. The highest BCUT2D eigenvalue weighted by Gasteiger charge is 1.95. The van der Waals surface area contributed by atoms with E-state index in [9.17, 15) is 5.21 Å². The zero-order chi connectivity index (χ0) is 6.69. The first-order valence-electron chi connectivity index (χ1n) is 2.42. The van der Waals surface area contributed by atoms with E-state index in [1.807, 2.05) is 0 Å². The molecule has 0 atom stereocenters. The first-order valence-corrected chi connectivity index (χ1v) is 2.78. The Kier molecular flexibility index (Phi) is 1.75. The van der Waals surface area contributed by atoms with Gasteiger partial charge in [0.1, 0.15) is 0 Å². The van der Waals surface area contributed by atoms with E-state index < -0.39 is 0 Å². The van der Waals surface area contributed by atoms with Gasteiger partial charge in [0.2, 0.25) is 5.69 Å². The van der Waals surface area contributed by atoms with E-state index in [2.05, 4.69) is 18.5 Å². The normalized spacial score (nSPS) is 8.89. The molecule has 0 aromatic heterocycles. The van der Waals surface area contributed by atoms with Crippen LogP contribution in [-0.4, -0.2) is 4.11 Å². The second-order valence-electron chi connectivity index (χ2n) is 1.50. The van der Waals surface area contributed by atoms with Crippen LogP contribution in [0.15, 0.2) is 24.3 Å². The maximum Gasteiger partial charge on any atom is 0.284 e. The fourth-order valence-corrected chi connectivity index (χ4v) is 0.611. The third-order valence-corrected chi connectivity index (χ3v) is 1.09. The molecule has 0 aliphatic carbocycles. The van der Waals surface area contributed by atoms with Crippen molar-refractivity contribution < 1.29 is 4.11 Å². The van der Waals surface area contributed by atoms with Crippen molar-refractivity contribution in [1.82, 2.24) is 0 Å². The molecule has 0 fully saturated rings. The molecule has 0 saturated heterocycles. The summed E-state index contributed by atoms with van der Waals surface area (Å²) < 4.78 is 0.361. The van der Waals surface area contributed by atoms with Crippen LogP contribution in [0.5, 0.6) is 0 Å². The number of hydrogen-bond donors (Lipinski definition) is 0. The lowest BCUT2D eigenvalue weighted by molar-refractivity contribution is -0.325. The Bertz CT molecular complexity index is 210. The Hall–Kier alpha value is -0.960. The lowest BCUT2D eigenvalue weighted by Gasteiger charge is -1.92. The number of hydrogen-bond acceptors (Lipinski definition) is 2. The Labute approximate surface area is 58.5 Å². The van der Waals surface area contributed by atoms with Crippen molar-refractivity contribution in [2.75, 3.05) is 0 Å². The van der Waals surface area contributed by atoms with E-state index in [1.54, 1.807) is 24.3 Å². The van der Waals surface area contributed by atoms with E-state index >= 15 is 0 Å². The molecule has 0 N–H and O–H groups in total. The number of benzene rings is 1.